The SMILES string of the molecule is CCc1ccc(-c2nnc(CS(=O)(=O)[C@@H](C)Cc3ncc(F)cn3)n2-c2c(OC)cccc2OC)o1. The number of hydrogen-bond acceptors (Lipinski definition) is 9. The first kappa shape index (κ1) is 25.3. The molecular formula is C24H26FN5O5S. The van der Waals surface area contributed by atoms with Crippen LogP contribution in [0.2, 0.25) is 0 Å². The maximum absolute atomic E-state index is 13.4. The number of halogens is 1. The quantitative estimate of drug-likeness (QED) is 0.312. The monoisotopic (exact) mass is 515 g/mol. The van der Waals surface area contributed by atoms with Gasteiger partial charge in [-0.05, 0) is 31.2 Å². The van der Waals surface area contributed by atoms with Gasteiger partial charge in [0.15, 0.2) is 27.2 Å². The molecule has 1 atom stereocenters. The van der Waals surface area contributed by atoms with Gasteiger partial charge in [0.25, 0.3) is 0 Å². The van der Waals surface area contributed by atoms with Crippen molar-refractivity contribution >= 4 is 9.84 Å². The van der Waals surface area contributed by atoms with E-state index in [9.17, 15) is 12.8 Å². The van der Waals surface area contributed by atoms with Crippen molar-refractivity contribution < 1.29 is 26.7 Å². The number of hydrogen-bond donors (Lipinski definition) is 0. The number of methoxy groups -OCH3 is 2. The highest BCUT2D eigenvalue weighted by atomic mass is 32.2. The molecule has 0 aliphatic carbocycles. The molecule has 0 fully saturated rings. The molecule has 0 aliphatic heterocycles. The van der Waals surface area contributed by atoms with E-state index in [0.29, 0.717) is 35.2 Å². The minimum Gasteiger partial charge on any atom is -0.494 e. The molecule has 4 rings (SSSR count). The summed E-state index contributed by atoms with van der Waals surface area (Å²) in [5, 5.41) is 7.63. The van der Waals surface area contributed by atoms with Crippen molar-refractivity contribution in [1.29, 1.82) is 0 Å². The van der Waals surface area contributed by atoms with Gasteiger partial charge in [0.1, 0.15) is 34.5 Å². The molecule has 0 bridgehead atoms. The molecule has 0 saturated heterocycles. The highest BCUT2D eigenvalue weighted by Gasteiger charge is 2.30. The molecule has 0 unspecified atom stereocenters. The predicted molar refractivity (Wildman–Crippen MR) is 129 cm³/mol. The zero-order valence-electron chi connectivity index (χ0n) is 20.3. The van der Waals surface area contributed by atoms with Gasteiger partial charge in [-0.25, -0.2) is 22.8 Å². The molecule has 0 radical (unpaired) electrons. The third kappa shape index (κ3) is 5.08. The second-order valence-electron chi connectivity index (χ2n) is 8.05. The van der Waals surface area contributed by atoms with Crippen molar-refractivity contribution in [3.63, 3.8) is 0 Å². The van der Waals surface area contributed by atoms with Crippen LogP contribution in [-0.2, 0) is 28.4 Å². The van der Waals surface area contributed by atoms with Crippen LogP contribution in [0, 0.1) is 5.82 Å². The van der Waals surface area contributed by atoms with Crippen molar-refractivity contribution in [2.75, 3.05) is 14.2 Å². The molecule has 0 N–H and O–H groups in total. The molecule has 3 aromatic heterocycles. The van der Waals surface area contributed by atoms with Crippen LogP contribution in [0.4, 0.5) is 4.39 Å². The lowest BCUT2D eigenvalue weighted by atomic mass is 10.2. The number of aromatic nitrogens is 5. The normalized spacial score (nSPS) is 12.5. The summed E-state index contributed by atoms with van der Waals surface area (Å²) in [6, 6.07) is 8.81. The van der Waals surface area contributed by atoms with Gasteiger partial charge in [0.2, 0.25) is 5.82 Å². The Bertz CT molecular complexity index is 1430. The second-order valence-corrected chi connectivity index (χ2v) is 10.5. The molecule has 10 nitrogen and oxygen atoms in total. The standard InChI is InChI=1S/C24H26FN5O5S/c1-5-17-9-10-20(35-17)24-29-28-22(30(24)23-18(33-3)7-6-8-19(23)34-4)14-36(31,32)15(2)11-21-26-12-16(25)13-27-21/h6-10,12-13,15H,5,11,14H2,1-4H3/t15-/m0/s1. The largest absolute Gasteiger partial charge is 0.494 e. The van der Waals surface area contributed by atoms with Gasteiger partial charge < -0.3 is 13.9 Å². The van der Waals surface area contributed by atoms with Crippen LogP contribution in [0.5, 0.6) is 11.5 Å². The third-order valence-electron chi connectivity index (χ3n) is 5.67. The predicted octanol–water partition coefficient (Wildman–Crippen LogP) is 3.58. The first-order chi connectivity index (χ1) is 17.3. The number of furan rings is 1. The summed E-state index contributed by atoms with van der Waals surface area (Å²) >= 11 is 0. The molecule has 0 saturated carbocycles. The maximum atomic E-state index is 13.4. The van der Waals surface area contributed by atoms with Gasteiger partial charge in [-0.2, -0.15) is 0 Å². The lowest BCUT2D eigenvalue weighted by Crippen LogP contribution is -2.24. The summed E-state index contributed by atoms with van der Waals surface area (Å²) in [6.45, 7) is 3.51. The number of aryl methyl sites for hydroxylation is 1. The molecule has 0 aliphatic rings. The Morgan fingerprint density at radius 2 is 1.72 bits per heavy atom. The first-order valence-electron chi connectivity index (χ1n) is 11.2. The average Bonchev–Trinajstić information content (AvgIpc) is 3.51. The van der Waals surface area contributed by atoms with E-state index in [4.69, 9.17) is 13.9 Å². The second kappa shape index (κ2) is 10.4. The zero-order chi connectivity index (χ0) is 25.9. The fourth-order valence-corrected chi connectivity index (χ4v) is 4.93. The Balaban J connectivity index is 1.79. The van der Waals surface area contributed by atoms with Crippen molar-refractivity contribution in [3.05, 3.63) is 66.0 Å². The number of sulfone groups is 1. The fourth-order valence-electron chi connectivity index (χ4n) is 3.70. The molecule has 12 heteroatoms. The summed E-state index contributed by atoms with van der Waals surface area (Å²) < 4.78 is 58.5. The first-order valence-corrected chi connectivity index (χ1v) is 12.9. The smallest absolute Gasteiger partial charge is 0.204 e. The Morgan fingerprint density at radius 3 is 2.31 bits per heavy atom. The van der Waals surface area contributed by atoms with Crippen molar-refractivity contribution in [1.82, 2.24) is 24.7 Å². The van der Waals surface area contributed by atoms with Crippen LogP contribution in [0.1, 0.15) is 31.3 Å². The molecule has 4 aromatic rings. The van der Waals surface area contributed by atoms with Gasteiger partial charge >= 0.3 is 0 Å². The third-order valence-corrected chi connectivity index (χ3v) is 7.73. The minimum atomic E-state index is -3.77. The summed E-state index contributed by atoms with van der Waals surface area (Å²) in [4.78, 5) is 7.75. The number of para-hydroxylation sites is 1. The molecule has 36 heavy (non-hydrogen) atoms. The number of nitrogens with zero attached hydrogens (tertiary/aromatic N) is 5. The van der Waals surface area contributed by atoms with Gasteiger partial charge in [-0.1, -0.05) is 13.0 Å². The van der Waals surface area contributed by atoms with Crippen LogP contribution in [-0.4, -0.2) is 52.6 Å². The molecule has 3 heterocycles. The van der Waals surface area contributed by atoms with Crippen molar-refractivity contribution in [3.8, 4) is 28.8 Å². The maximum Gasteiger partial charge on any atom is 0.204 e. The van der Waals surface area contributed by atoms with Gasteiger partial charge in [-0.15, -0.1) is 10.2 Å². The number of ether oxygens (including phenoxy) is 2. The van der Waals surface area contributed by atoms with E-state index >= 15 is 0 Å². The van der Waals surface area contributed by atoms with E-state index in [1.165, 1.54) is 14.2 Å². The minimum absolute atomic E-state index is 0.0135. The van der Waals surface area contributed by atoms with Gasteiger partial charge in [0.05, 0.1) is 31.9 Å². The van der Waals surface area contributed by atoms with Gasteiger partial charge in [-0.3, -0.25) is 4.57 Å². The summed E-state index contributed by atoms with van der Waals surface area (Å²) in [6.07, 6.45) is 2.70. The summed E-state index contributed by atoms with van der Waals surface area (Å²) in [5.74, 6) is 1.68. The van der Waals surface area contributed by atoms with Crippen LogP contribution >= 0.6 is 0 Å². The Hall–Kier alpha value is -3.80. The van der Waals surface area contributed by atoms with Crippen LogP contribution in [0.25, 0.3) is 17.3 Å². The molecule has 1 aromatic carbocycles. The van der Waals surface area contributed by atoms with E-state index in [1.54, 1.807) is 35.8 Å². The van der Waals surface area contributed by atoms with Crippen LogP contribution in [0.3, 0.4) is 0 Å². The topological polar surface area (TPSA) is 122 Å². The summed E-state index contributed by atoms with van der Waals surface area (Å²) in [7, 11) is -0.758. The number of benzene rings is 1. The van der Waals surface area contributed by atoms with Crippen molar-refractivity contribution in [2.45, 2.75) is 37.7 Å². The van der Waals surface area contributed by atoms with E-state index in [1.807, 2.05) is 13.0 Å². The van der Waals surface area contributed by atoms with Crippen LogP contribution < -0.4 is 9.47 Å². The molecular weight excluding hydrogens is 489 g/mol. The summed E-state index contributed by atoms with van der Waals surface area (Å²) in [5.41, 5.74) is 0.441. The molecule has 0 spiro atoms. The Morgan fingerprint density at radius 1 is 1.06 bits per heavy atom. The number of rotatable bonds is 10. The van der Waals surface area contributed by atoms with E-state index in [-0.39, 0.29) is 18.1 Å². The molecule has 0 amide bonds. The zero-order valence-corrected chi connectivity index (χ0v) is 21.1. The van der Waals surface area contributed by atoms with E-state index in [2.05, 4.69) is 20.2 Å². The molecule has 190 valence electrons. The van der Waals surface area contributed by atoms with Gasteiger partial charge in [0, 0.05) is 12.8 Å². The van der Waals surface area contributed by atoms with E-state index < -0.39 is 26.7 Å². The van der Waals surface area contributed by atoms with Crippen LogP contribution in [0.15, 0.2) is 47.1 Å². The average molecular weight is 516 g/mol. The highest BCUT2D eigenvalue weighted by molar-refractivity contribution is 7.91. The lowest BCUT2D eigenvalue weighted by molar-refractivity contribution is 0.390. The van der Waals surface area contributed by atoms with Crippen molar-refractivity contribution in [2.24, 2.45) is 0 Å². The Labute approximate surface area is 208 Å². The van der Waals surface area contributed by atoms with E-state index in [0.717, 1.165) is 18.2 Å². The fraction of sp³-hybridized carbons (Fsp3) is 0.333. The lowest BCUT2D eigenvalue weighted by Gasteiger charge is -2.17. The Kier molecular flexibility index (Phi) is 7.34. The highest BCUT2D eigenvalue weighted by Crippen LogP contribution is 2.37.